The molecule has 4 heteroatoms. The first kappa shape index (κ1) is 12.5. The van der Waals surface area contributed by atoms with Crippen LogP contribution in [0.2, 0.25) is 0 Å². The molecule has 0 aromatic rings. The van der Waals surface area contributed by atoms with Crippen molar-refractivity contribution in [2.24, 2.45) is 11.1 Å². The Morgan fingerprint density at radius 3 is 2.33 bits per heavy atom. The minimum atomic E-state index is -0.411. The fourth-order valence-corrected chi connectivity index (χ4v) is 1.76. The molecule has 1 aliphatic heterocycles. The molecule has 15 heavy (non-hydrogen) atoms. The Labute approximate surface area is 91.5 Å². The molecule has 0 radical (unpaired) electrons. The van der Waals surface area contributed by atoms with Crippen molar-refractivity contribution in [3.8, 4) is 0 Å². The fraction of sp³-hybridized carbons (Fsp3) is 0.909. The summed E-state index contributed by atoms with van der Waals surface area (Å²) in [5.74, 6) is 0.0702. The maximum atomic E-state index is 12.1. The maximum Gasteiger partial charge on any atom is 0.228 e. The van der Waals surface area contributed by atoms with Crippen LogP contribution in [0.4, 0.5) is 0 Å². The van der Waals surface area contributed by atoms with Crippen molar-refractivity contribution in [3.05, 3.63) is 0 Å². The summed E-state index contributed by atoms with van der Waals surface area (Å²) in [5.41, 5.74) is 5.13. The molecule has 0 aromatic heterocycles. The number of carbonyl (C=O) groups is 1. The second-order valence-corrected chi connectivity index (χ2v) is 5.30. The molecule has 1 fully saturated rings. The summed E-state index contributed by atoms with van der Waals surface area (Å²) in [4.78, 5) is 12.1. The van der Waals surface area contributed by atoms with Crippen LogP contribution in [-0.2, 0) is 9.53 Å². The van der Waals surface area contributed by atoms with E-state index in [1.165, 1.54) is 0 Å². The van der Waals surface area contributed by atoms with Gasteiger partial charge in [-0.05, 0) is 33.6 Å². The van der Waals surface area contributed by atoms with Gasteiger partial charge in [-0.2, -0.15) is 0 Å². The summed E-state index contributed by atoms with van der Waals surface area (Å²) in [6, 6.07) is 0. The zero-order valence-electron chi connectivity index (χ0n) is 9.93. The molecular weight excluding hydrogens is 192 g/mol. The van der Waals surface area contributed by atoms with Crippen LogP contribution < -0.4 is 11.1 Å². The van der Waals surface area contributed by atoms with Crippen LogP contribution in [0.5, 0.6) is 0 Å². The Morgan fingerprint density at radius 2 is 1.93 bits per heavy atom. The van der Waals surface area contributed by atoms with Crippen LogP contribution in [0.25, 0.3) is 0 Å². The lowest BCUT2D eigenvalue weighted by Gasteiger charge is -2.37. The highest BCUT2D eigenvalue weighted by Gasteiger charge is 2.39. The van der Waals surface area contributed by atoms with Crippen LogP contribution in [0, 0.1) is 5.41 Å². The fourth-order valence-electron chi connectivity index (χ4n) is 1.76. The lowest BCUT2D eigenvalue weighted by Crippen LogP contribution is -2.54. The van der Waals surface area contributed by atoms with Crippen LogP contribution in [0.3, 0.4) is 0 Å². The molecule has 1 heterocycles. The van der Waals surface area contributed by atoms with Gasteiger partial charge in [-0.15, -0.1) is 0 Å². The topological polar surface area (TPSA) is 64.4 Å². The van der Waals surface area contributed by atoms with Gasteiger partial charge in [0.25, 0.3) is 0 Å². The van der Waals surface area contributed by atoms with E-state index in [1.807, 2.05) is 20.8 Å². The van der Waals surface area contributed by atoms with E-state index in [1.54, 1.807) is 0 Å². The predicted octanol–water partition coefficient (Wildman–Crippen LogP) is 0.657. The van der Waals surface area contributed by atoms with Crippen LogP contribution >= 0.6 is 0 Å². The van der Waals surface area contributed by atoms with Crippen LogP contribution in [0.1, 0.15) is 33.6 Å². The SMILES string of the molecule is CC(C)(C)NC(=O)C1(CN)CCOCC1. The molecule has 0 spiro atoms. The van der Waals surface area contributed by atoms with Gasteiger partial charge in [0.2, 0.25) is 5.91 Å². The standard InChI is InChI=1S/C11H22N2O2/c1-10(2,3)13-9(14)11(8-12)4-6-15-7-5-11/h4-8,12H2,1-3H3,(H,13,14). The summed E-state index contributed by atoms with van der Waals surface area (Å²) in [5, 5.41) is 3.01. The largest absolute Gasteiger partial charge is 0.381 e. The van der Waals surface area contributed by atoms with E-state index in [0.717, 1.165) is 12.8 Å². The third-order valence-electron chi connectivity index (χ3n) is 2.81. The van der Waals surface area contributed by atoms with Gasteiger partial charge in [0.15, 0.2) is 0 Å². The zero-order valence-corrected chi connectivity index (χ0v) is 9.93. The molecule has 1 amide bonds. The van der Waals surface area contributed by atoms with Crippen molar-refractivity contribution < 1.29 is 9.53 Å². The van der Waals surface area contributed by atoms with E-state index < -0.39 is 5.41 Å². The number of nitrogens with one attached hydrogen (secondary N) is 1. The van der Waals surface area contributed by atoms with Crippen molar-refractivity contribution in [1.82, 2.24) is 5.32 Å². The van der Waals surface area contributed by atoms with Crippen molar-refractivity contribution in [1.29, 1.82) is 0 Å². The monoisotopic (exact) mass is 214 g/mol. The molecule has 1 rings (SSSR count). The van der Waals surface area contributed by atoms with Gasteiger partial charge in [-0.1, -0.05) is 0 Å². The summed E-state index contributed by atoms with van der Waals surface area (Å²) in [6.45, 7) is 7.61. The molecule has 1 saturated heterocycles. The lowest BCUT2D eigenvalue weighted by molar-refractivity contribution is -0.137. The molecule has 3 N–H and O–H groups in total. The maximum absolute atomic E-state index is 12.1. The summed E-state index contributed by atoms with van der Waals surface area (Å²) < 4.78 is 5.27. The number of nitrogens with two attached hydrogens (primary N) is 1. The second kappa shape index (κ2) is 4.49. The van der Waals surface area contributed by atoms with E-state index in [0.29, 0.717) is 19.8 Å². The number of rotatable bonds is 2. The van der Waals surface area contributed by atoms with Crippen LogP contribution in [-0.4, -0.2) is 31.2 Å². The van der Waals surface area contributed by atoms with E-state index >= 15 is 0 Å². The van der Waals surface area contributed by atoms with E-state index in [9.17, 15) is 4.79 Å². The first-order chi connectivity index (χ1) is 6.90. The third kappa shape index (κ3) is 3.18. The third-order valence-corrected chi connectivity index (χ3v) is 2.81. The number of ether oxygens (including phenoxy) is 1. The Balaban J connectivity index is 2.68. The highest BCUT2D eigenvalue weighted by atomic mass is 16.5. The molecular formula is C11H22N2O2. The molecule has 0 bridgehead atoms. The zero-order chi connectivity index (χ0) is 11.5. The highest BCUT2D eigenvalue weighted by molar-refractivity contribution is 5.83. The van der Waals surface area contributed by atoms with Gasteiger partial charge in [-0.3, -0.25) is 4.79 Å². The Kier molecular flexibility index (Phi) is 3.73. The van der Waals surface area contributed by atoms with Crippen molar-refractivity contribution in [2.75, 3.05) is 19.8 Å². The van der Waals surface area contributed by atoms with Crippen molar-refractivity contribution in [2.45, 2.75) is 39.2 Å². The molecule has 0 unspecified atom stereocenters. The smallest absolute Gasteiger partial charge is 0.228 e. The number of hydrogen-bond donors (Lipinski definition) is 2. The normalized spacial score (nSPS) is 21.1. The van der Waals surface area contributed by atoms with Gasteiger partial charge in [-0.25, -0.2) is 0 Å². The van der Waals surface area contributed by atoms with Crippen molar-refractivity contribution in [3.63, 3.8) is 0 Å². The average Bonchev–Trinajstić information content (AvgIpc) is 2.16. The summed E-state index contributed by atoms with van der Waals surface area (Å²) >= 11 is 0. The van der Waals surface area contributed by atoms with Gasteiger partial charge in [0.05, 0.1) is 5.41 Å². The summed E-state index contributed by atoms with van der Waals surface area (Å²) in [6.07, 6.45) is 1.46. The molecule has 1 aliphatic rings. The van der Waals surface area contributed by atoms with Crippen LogP contribution in [0.15, 0.2) is 0 Å². The molecule has 0 aliphatic carbocycles. The van der Waals surface area contributed by atoms with E-state index in [-0.39, 0.29) is 11.4 Å². The quantitative estimate of drug-likeness (QED) is 0.709. The highest BCUT2D eigenvalue weighted by Crippen LogP contribution is 2.30. The molecule has 88 valence electrons. The van der Waals surface area contributed by atoms with Gasteiger partial charge < -0.3 is 15.8 Å². The molecule has 0 saturated carbocycles. The van der Waals surface area contributed by atoms with E-state index in [2.05, 4.69) is 5.32 Å². The van der Waals surface area contributed by atoms with Gasteiger partial charge >= 0.3 is 0 Å². The first-order valence-corrected chi connectivity index (χ1v) is 5.50. The predicted molar refractivity (Wildman–Crippen MR) is 59.4 cm³/mol. The van der Waals surface area contributed by atoms with Gasteiger partial charge in [0.1, 0.15) is 0 Å². The number of carbonyl (C=O) groups excluding carboxylic acids is 1. The molecule has 0 atom stereocenters. The average molecular weight is 214 g/mol. The summed E-state index contributed by atoms with van der Waals surface area (Å²) in [7, 11) is 0. The first-order valence-electron chi connectivity index (χ1n) is 5.50. The van der Waals surface area contributed by atoms with E-state index in [4.69, 9.17) is 10.5 Å². The van der Waals surface area contributed by atoms with Gasteiger partial charge in [0, 0.05) is 25.3 Å². The Hall–Kier alpha value is -0.610. The lowest BCUT2D eigenvalue weighted by atomic mass is 9.79. The Bertz CT molecular complexity index is 227. The molecule has 0 aromatic carbocycles. The number of hydrogen-bond acceptors (Lipinski definition) is 3. The minimum absolute atomic E-state index is 0.0702. The van der Waals surface area contributed by atoms with Crippen molar-refractivity contribution >= 4 is 5.91 Å². The molecule has 4 nitrogen and oxygen atoms in total. The second-order valence-electron chi connectivity index (χ2n) is 5.30. The Morgan fingerprint density at radius 1 is 1.40 bits per heavy atom. The number of amides is 1. The minimum Gasteiger partial charge on any atom is -0.381 e.